The average Bonchev–Trinajstić information content (AvgIpc) is 2.80. The topological polar surface area (TPSA) is 39.9 Å². The van der Waals surface area contributed by atoms with Crippen LogP contribution in [0.15, 0.2) is 34.7 Å². The molecule has 4 nitrogen and oxygen atoms in total. The maximum Gasteiger partial charge on any atom is 0.135 e. The molecule has 2 atom stereocenters. The predicted octanol–water partition coefficient (Wildman–Crippen LogP) is 2.10. The molecule has 1 aliphatic rings. The van der Waals surface area contributed by atoms with Crippen LogP contribution in [0.25, 0.3) is 11.0 Å². The van der Waals surface area contributed by atoms with Crippen molar-refractivity contribution < 1.29 is 9.52 Å². The molecule has 1 N–H and O–H groups in total. The van der Waals surface area contributed by atoms with Crippen molar-refractivity contribution >= 4 is 11.0 Å². The van der Waals surface area contributed by atoms with Crippen molar-refractivity contribution in [1.82, 2.24) is 9.80 Å². The van der Waals surface area contributed by atoms with Gasteiger partial charge in [0.25, 0.3) is 0 Å². The highest BCUT2D eigenvalue weighted by atomic mass is 16.4. The van der Waals surface area contributed by atoms with E-state index in [1.807, 2.05) is 30.3 Å². The summed E-state index contributed by atoms with van der Waals surface area (Å²) >= 11 is 0. The summed E-state index contributed by atoms with van der Waals surface area (Å²) in [5.74, 6) is 0.665. The van der Waals surface area contributed by atoms with Crippen LogP contribution in [-0.2, 0) is 0 Å². The molecule has 1 fully saturated rings. The van der Waals surface area contributed by atoms with E-state index in [2.05, 4.69) is 23.9 Å². The molecule has 3 rings (SSSR count). The largest absolute Gasteiger partial charge is 0.458 e. The van der Waals surface area contributed by atoms with Gasteiger partial charge in [-0.05, 0) is 45.7 Å². The molecule has 0 aliphatic carbocycles. The third-order valence-electron chi connectivity index (χ3n) is 4.22. The molecule has 1 aromatic carbocycles. The highest BCUT2D eigenvalue weighted by molar-refractivity contribution is 5.77. The maximum atomic E-state index is 10.7. The summed E-state index contributed by atoms with van der Waals surface area (Å²) in [5.41, 5.74) is 0.839. The van der Waals surface area contributed by atoms with Crippen molar-refractivity contribution in [2.45, 2.75) is 18.6 Å². The normalized spacial score (nSPS) is 23.9. The summed E-state index contributed by atoms with van der Waals surface area (Å²) in [5, 5.41) is 11.7. The monoisotopic (exact) mass is 274 g/mol. The molecule has 1 aromatic heterocycles. The Balaban J connectivity index is 1.87. The Morgan fingerprint density at radius 3 is 2.85 bits per heavy atom. The molecule has 0 spiro atoms. The Bertz CT molecular complexity index is 548. The minimum Gasteiger partial charge on any atom is -0.458 e. The van der Waals surface area contributed by atoms with Crippen LogP contribution in [0.1, 0.15) is 18.3 Å². The van der Waals surface area contributed by atoms with Gasteiger partial charge in [0.15, 0.2) is 0 Å². The second-order valence-corrected chi connectivity index (χ2v) is 5.80. The third kappa shape index (κ3) is 2.59. The fourth-order valence-electron chi connectivity index (χ4n) is 2.98. The Morgan fingerprint density at radius 2 is 2.05 bits per heavy atom. The second kappa shape index (κ2) is 5.56. The van der Waals surface area contributed by atoms with E-state index in [0.29, 0.717) is 5.76 Å². The number of aliphatic hydroxyl groups excluding tert-OH is 1. The van der Waals surface area contributed by atoms with Crippen LogP contribution in [0.4, 0.5) is 0 Å². The number of benzene rings is 1. The molecule has 0 bridgehead atoms. The minimum absolute atomic E-state index is 0.0723. The van der Waals surface area contributed by atoms with E-state index in [9.17, 15) is 5.11 Å². The van der Waals surface area contributed by atoms with Crippen LogP contribution in [0.2, 0.25) is 0 Å². The van der Waals surface area contributed by atoms with Gasteiger partial charge in [-0.3, -0.25) is 4.90 Å². The van der Waals surface area contributed by atoms with E-state index >= 15 is 0 Å². The average molecular weight is 274 g/mol. The first-order valence-electron chi connectivity index (χ1n) is 7.20. The van der Waals surface area contributed by atoms with Gasteiger partial charge in [0.1, 0.15) is 17.4 Å². The lowest BCUT2D eigenvalue weighted by atomic mass is 10.1. The minimum atomic E-state index is -0.590. The van der Waals surface area contributed by atoms with Crippen molar-refractivity contribution in [2.75, 3.05) is 33.7 Å². The Labute approximate surface area is 119 Å². The van der Waals surface area contributed by atoms with Crippen molar-refractivity contribution in [2.24, 2.45) is 0 Å². The summed E-state index contributed by atoms with van der Waals surface area (Å²) in [6.45, 7) is 2.94. The lowest BCUT2D eigenvalue weighted by Gasteiger charge is -2.30. The van der Waals surface area contributed by atoms with E-state index in [0.717, 1.165) is 37.0 Å². The summed E-state index contributed by atoms with van der Waals surface area (Å²) in [6.07, 6.45) is 0.545. The van der Waals surface area contributed by atoms with Crippen LogP contribution in [0.3, 0.4) is 0 Å². The lowest BCUT2D eigenvalue weighted by Crippen LogP contribution is -2.42. The zero-order valence-corrected chi connectivity index (χ0v) is 12.1. The van der Waals surface area contributed by atoms with Crippen LogP contribution >= 0.6 is 0 Å². The first-order chi connectivity index (χ1) is 9.65. The molecular weight excluding hydrogens is 252 g/mol. The zero-order valence-electron chi connectivity index (χ0n) is 12.1. The number of nitrogens with zero attached hydrogens (tertiary/aromatic N) is 2. The van der Waals surface area contributed by atoms with Gasteiger partial charge in [0.2, 0.25) is 0 Å². The standard InChI is InChI=1S/C16H22N2O2/c1-17-8-5-9-18(2)13(11-17)16(19)15-10-12-6-3-4-7-14(12)20-15/h3-4,6-7,10,13,16,19H,5,8-9,11H2,1-2H3. The SMILES string of the molecule is CN1CCCN(C)C(C(O)c2cc3ccccc3o2)C1. The highest BCUT2D eigenvalue weighted by Crippen LogP contribution is 2.28. The molecule has 20 heavy (non-hydrogen) atoms. The summed E-state index contributed by atoms with van der Waals surface area (Å²) in [6, 6.07) is 9.92. The lowest BCUT2D eigenvalue weighted by molar-refractivity contribution is 0.0432. The predicted molar refractivity (Wildman–Crippen MR) is 79.7 cm³/mol. The van der Waals surface area contributed by atoms with Gasteiger partial charge in [-0.25, -0.2) is 0 Å². The van der Waals surface area contributed by atoms with Crippen molar-refractivity contribution in [3.63, 3.8) is 0 Å². The van der Waals surface area contributed by atoms with Gasteiger partial charge in [0, 0.05) is 11.9 Å². The van der Waals surface area contributed by atoms with Gasteiger partial charge in [-0.15, -0.1) is 0 Å². The number of fused-ring (bicyclic) bond motifs is 1. The van der Waals surface area contributed by atoms with Crippen LogP contribution < -0.4 is 0 Å². The quantitative estimate of drug-likeness (QED) is 0.910. The molecule has 0 amide bonds. The molecular formula is C16H22N2O2. The molecule has 0 radical (unpaired) electrons. The fourth-order valence-corrected chi connectivity index (χ4v) is 2.98. The van der Waals surface area contributed by atoms with Gasteiger partial charge < -0.3 is 14.4 Å². The van der Waals surface area contributed by atoms with E-state index in [1.165, 1.54) is 0 Å². The first kappa shape index (κ1) is 13.6. The number of hydrogen-bond acceptors (Lipinski definition) is 4. The Morgan fingerprint density at radius 1 is 1.25 bits per heavy atom. The zero-order chi connectivity index (χ0) is 14.1. The number of hydrogen-bond donors (Lipinski definition) is 1. The van der Waals surface area contributed by atoms with Crippen molar-refractivity contribution in [1.29, 1.82) is 0 Å². The Kier molecular flexibility index (Phi) is 3.78. The number of rotatable bonds is 2. The van der Waals surface area contributed by atoms with E-state index in [-0.39, 0.29) is 6.04 Å². The molecule has 0 saturated carbocycles. The van der Waals surface area contributed by atoms with Crippen LogP contribution in [0.5, 0.6) is 0 Å². The Hall–Kier alpha value is -1.36. The first-order valence-corrected chi connectivity index (χ1v) is 7.20. The van der Waals surface area contributed by atoms with Crippen molar-refractivity contribution in [3.8, 4) is 0 Å². The number of aliphatic hydroxyl groups is 1. The van der Waals surface area contributed by atoms with Gasteiger partial charge >= 0.3 is 0 Å². The van der Waals surface area contributed by atoms with E-state index < -0.39 is 6.10 Å². The summed E-state index contributed by atoms with van der Waals surface area (Å²) < 4.78 is 5.81. The highest BCUT2D eigenvalue weighted by Gasteiger charge is 2.30. The smallest absolute Gasteiger partial charge is 0.135 e. The number of para-hydroxylation sites is 1. The molecule has 108 valence electrons. The second-order valence-electron chi connectivity index (χ2n) is 5.80. The molecule has 2 unspecified atom stereocenters. The molecule has 1 aliphatic heterocycles. The van der Waals surface area contributed by atoms with Crippen LogP contribution in [-0.4, -0.2) is 54.7 Å². The van der Waals surface area contributed by atoms with E-state index in [1.54, 1.807) is 0 Å². The van der Waals surface area contributed by atoms with Crippen LogP contribution in [0, 0.1) is 0 Å². The number of likely N-dealkylation sites (N-methyl/N-ethyl adjacent to an activating group) is 2. The molecule has 4 heteroatoms. The maximum absolute atomic E-state index is 10.7. The molecule has 2 heterocycles. The molecule has 1 saturated heterocycles. The summed E-state index contributed by atoms with van der Waals surface area (Å²) in [7, 11) is 4.19. The van der Waals surface area contributed by atoms with Gasteiger partial charge in [-0.1, -0.05) is 18.2 Å². The van der Waals surface area contributed by atoms with E-state index in [4.69, 9.17) is 4.42 Å². The van der Waals surface area contributed by atoms with Crippen molar-refractivity contribution in [3.05, 3.63) is 36.1 Å². The van der Waals surface area contributed by atoms with Gasteiger partial charge in [-0.2, -0.15) is 0 Å². The third-order valence-corrected chi connectivity index (χ3v) is 4.22. The van der Waals surface area contributed by atoms with Gasteiger partial charge in [0.05, 0.1) is 6.04 Å². The number of furan rings is 1. The fraction of sp³-hybridized carbons (Fsp3) is 0.500. The summed E-state index contributed by atoms with van der Waals surface area (Å²) in [4.78, 5) is 4.52. The molecule has 2 aromatic rings.